The van der Waals surface area contributed by atoms with Crippen molar-refractivity contribution in [1.82, 2.24) is 0 Å². The summed E-state index contributed by atoms with van der Waals surface area (Å²) in [7, 11) is 1.40. The van der Waals surface area contributed by atoms with Gasteiger partial charge in [0, 0.05) is 6.08 Å². The molecule has 0 amide bonds. The number of carbonyl (C=O) groups excluding carboxylic acids is 3. The Bertz CT molecular complexity index is 274. The van der Waals surface area contributed by atoms with Gasteiger partial charge >= 0.3 is 12.1 Å². The summed E-state index contributed by atoms with van der Waals surface area (Å²) in [4.78, 5) is 27.0. The summed E-state index contributed by atoms with van der Waals surface area (Å²) < 4.78 is 4.49. The van der Waals surface area contributed by atoms with E-state index in [1.807, 2.05) is 6.08 Å². The Hall–Kier alpha value is -1.67. The van der Waals surface area contributed by atoms with Crippen molar-refractivity contribution in [3.05, 3.63) is 24.3 Å². The number of hydrogen-bond donors (Lipinski definition) is 0. The zero-order valence-electron chi connectivity index (χ0n) is 11.2. The van der Waals surface area contributed by atoms with Crippen molar-refractivity contribution in [1.29, 1.82) is 0 Å². The van der Waals surface area contributed by atoms with Gasteiger partial charge < -0.3 is 4.74 Å². The molecule has 0 aromatic heterocycles. The molecule has 0 N–H and O–H groups in total. The van der Waals surface area contributed by atoms with Gasteiger partial charge in [0.05, 0.1) is 7.11 Å². The van der Waals surface area contributed by atoms with Crippen LogP contribution in [-0.2, 0) is 19.1 Å². The van der Waals surface area contributed by atoms with Gasteiger partial charge in [-0.25, -0.2) is 4.79 Å². The Labute approximate surface area is 109 Å². The SMILES string of the molecule is C/C=C/CCCCCC/C=C/C(=O)OC.O=C=O. The fourth-order valence-electron chi connectivity index (χ4n) is 1.29. The second-order valence-electron chi connectivity index (χ2n) is 3.57. The molecule has 0 radical (unpaired) electrons. The van der Waals surface area contributed by atoms with E-state index >= 15 is 0 Å². The summed E-state index contributed by atoms with van der Waals surface area (Å²) in [5.74, 6) is -0.261. The highest BCUT2D eigenvalue weighted by atomic mass is 16.5. The summed E-state index contributed by atoms with van der Waals surface area (Å²) in [6.45, 7) is 2.05. The lowest BCUT2D eigenvalue weighted by Crippen LogP contribution is -1.93. The largest absolute Gasteiger partial charge is 0.466 e. The Morgan fingerprint density at radius 3 is 2.00 bits per heavy atom. The van der Waals surface area contributed by atoms with Crippen LogP contribution in [0.3, 0.4) is 0 Å². The molecule has 4 heteroatoms. The first-order chi connectivity index (χ1) is 8.72. The number of hydrogen-bond acceptors (Lipinski definition) is 4. The van der Waals surface area contributed by atoms with E-state index in [0.717, 1.165) is 12.8 Å². The average molecular weight is 254 g/mol. The molecule has 0 saturated heterocycles. The van der Waals surface area contributed by atoms with E-state index in [2.05, 4.69) is 23.8 Å². The van der Waals surface area contributed by atoms with Crippen molar-refractivity contribution in [3.8, 4) is 0 Å². The van der Waals surface area contributed by atoms with Crippen LogP contribution in [0, 0.1) is 0 Å². The van der Waals surface area contributed by atoms with Crippen LogP contribution in [0.1, 0.15) is 45.4 Å². The van der Waals surface area contributed by atoms with Crippen LogP contribution in [-0.4, -0.2) is 19.2 Å². The number of rotatable bonds is 8. The first-order valence-corrected chi connectivity index (χ1v) is 6.07. The van der Waals surface area contributed by atoms with Crippen molar-refractivity contribution < 1.29 is 19.1 Å². The lowest BCUT2D eigenvalue weighted by atomic mass is 10.1. The molecule has 0 fully saturated rings. The molecule has 18 heavy (non-hydrogen) atoms. The van der Waals surface area contributed by atoms with Gasteiger partial charge in [-0.2, -0.15) is 9.59 Å². The first-order valence-electron chi connectivity index (χ1n) is 6.07. The average Bonchev–Trinajstić information content (AvgIpc) is 2.37. The van der Waals surface area contributed by atoms with E-state index in [9.17, 15) is 4.79 Å². The van der Waals surface area contributed by atoms with Gasteiger partial charge in [-0.1, -0.05) is 31.1 Å². The minimum absolute atomic E-state index is 0.250. The highest BCUT2D eigenvalue weighted by Gasteiger charge is 1.90. The highest BCUT2D eigenvalue weighted by Crippen LogP contribution is 2.06. The van der Waals surface area contributed by atoms with E-state index in [-0.39, 0.29) is 12.1 Å². The third-order valence-electron chi connectivity index (χ3n) is 2.18. The van der Waals surface area contributed by atoms with Crippen LogP contribution in [0.4, 0.5) is 0 Å². The van der Waals surface area contributed by atoms with Crippen LogP contribution >= 0.6 is 0 Å². The maximum Gasteiger partial charge on any atom is 0.373 e. The van der Waals surface area contributed by atoms with E-state index in [1.165, 1.54) is 38.9 Å². The zero-order chi connectivity index (χ0) is 14.1. The molecule has 0 bridgehead atoms. The van der Waals surface area contributed by atoms with Gasteiger partial charge in [-0.15, -0.1) is 0 Å². The normalized spacial score (nSPS) is 9.89. The molecule has 0 spiro atoms. The monoisotopic (exact) mass is 254 g/mol. The second-order valence-corrected chi connectivity index (χ2v) is 3.57. The first kappa shape index (κ1) is 18.7. The van der Waals surface area contributed by atoms with Crippen LogP contribution in [0.25, 0.3) is 0 Å². The molecular formula is C14H22O4. The quantitative estimate of drug-likeness (QED) is 0.289. The summed E-state index contributed by atoms with van der Waals surface area (Å²) in [6, 6.07) is 0. The Kier molecular flexibility index (Phi) is 18.4. The summed E-state index contributed by atoms with van der Waals surface area (Å²) in [5, 5.41) is 0. The molecule has 0 rings (SSSR count). The number of ether oxygens (including phenoxy) is 1. The summed E-state index contributed by atoms with van der Waals surface area (Å²) >= 11 is 0. The predicted octanol–water partition coefficient (Wildman–Crippen LogP) is 3.05. The van der Waals surface area contributed by atoms with Gasteiger partial charge in [0.25, 0.3) is 0 Å². The molecule has 0 aromatic carbocycles. The van der Waals surface area contributed by atoms with Crippen molar-refractivity contribution >= 4 is 12.1 Å². The third kappa shape index (κ3) is 19.8. The summed E-state index contributed by atoms with van der Waals surface area (Å²) in [5.41, 5.74) is 0. The molecule has 0 unspecified atom stereocenters. The van der Waals surface area contributed by atoms with Crippen LogP contribution in [0.5, 0.6) is 0 Å². The third-order valence-corrected chi connectivity index (χ3v) is 2.18. The molecular weight excluding hydrogens is 232 g/mol. The van der Waals surface area contributed by atoms with E-state index in [0.29, 0.717) is 0 Å². The van der Waals surface area contributed by atoms with Crippen LogP contribution in [0.2, 0.25) is 0 Å². The molecule has 4 nitrogen and oxygen atoms in total. The smallest absolute Gasteiger partial charge is 0.373 e. The van der Waals surface area contributed by atoms with Crippen molar-refractivity contribution in [2.45, 2.75) is 45.4 Å². The number of carbonyl (C=O) groups is 1. The predicted molar refractivity (Wildman–Crippen MR) is 68.7 cm³/mol. The molecule has 0 heterocycles. The molecule has 0 atom stereocenters. The zero-order valence-corrected chi connectivity index (χ0v) is 11.2. The highest BCUT2D eigenvalue weighted by molar-refractivity contribution is 5.81. The number of unbranched alkanes of at least 4 members (excludes halogenated alkanes) is 5. The maximum absolute atomic E-state index is 10.7. The number of allylic oxidation sites excluding steroid dienone is 3. The molecule has 0 aliphatic rings. The molecule has 102 valence electrons. The fourth-order valence-corrected chi connectivity index (χ4v) is 1.29. The fraction of sp³-hybridized carbons (Fsp3) is 0.571. The molecule has 0 aliphatic carbocycles. The Morgan fingerprint density at radius 2 is 1.56 bits per heavy atom. The number of esters is 1. The van der Waals surface area contributed by atoms with Crippen molar-refractivity contribution in [2.24, 2.45) is 0 Å². The topological polar surface area (TPSA) is 60.4 Å². The van der Waals surface area contributed by atoms with E-state index in [1.54, 1.807) is 0 Å². The van der Waals surface area contributed by atoms with Gasteiger partial charge in [0.1, 0.15) is 0 Å². The van der Waals surface area contributed by atoms with Gasteiger partial charge in [0.2, 0.25) is 0 Å². The minimum atomic E-state index is -0.261. The van der Waals surface area contributed by atoms with E-state index < -0.39 is 0 Å². The Balaban J connectivity index is 0. The van der Waals surface area contributed by atoms with Gasteiger partial charge in [0.15, 0.2) is 0 Å². The van der Waals surface area contributed by atoms with E-state index in [4.69, 9.17) is 9.59 Å². The van der Waals surface area contributed by atoms with Crippen LogP contribution in [0.15, 0.2) is 24.3 Å². The van der Waals surface area contributed by atoms with Crippen molar-refractivity contribution in [3.63, 3.8) is 0 Å². The minimum Gasteiger partial charge on any atom is -0.466 e. The van der Waals surface area contributed by atoms with Gasteiger partial charge in [-0.3, -0.25) is 0 Å². The number of methoxy groups -OCH3 is 1. The lowest BCUT2D eigenvalue weighted by Gasteiger charge is -1.96. The molecule has 0 aromatic rings. The molecule has 0 saturated carbocycles. The second kappa shape index (κ2) is 17.7. The lowest BCUT2D eigenvalue weighted by molar-refractivity contribution is -0.191. The van der Waals surface area contributed by atoms with Gasteiger partial charge in [-0.05, 0) is 32.6 Å². The summed E-state index contributed by atoms with van der Waals surface area (Å²) in [6.07, 6.45) is 15.0. The van der Waals surface area contributed by atoms with Crippen molar-refractivity contribution in [2.75, 3.05) is 7.11 Å². The Morgan fingerprint density at radius 1 is 1.06 bits per heavy atom. The maximum atomic E-state index is 10.7. The molecule has 0 aliphatic heterocycles. The van der Waals surface area contributed by atoms with Crippen LogP contribution < -0.4 is 0 Å². The standard InChI is InChI=1S/C13H22O2.CO2/c1-3-4-5-6-7-8-9-10-11-12-13(14)15-2;2-1-3/h3-4,11-12H,5-10H2,1-2H3;/b4-3+,12-11+;.